The smallest absolute Gasteiger partial charge is 0.148 e. The van der Waals surface area contributed by atoms with Gasteiger partial charge >= 0.3 is 0 Å². The number of hydrogen-bond donors (Lipinski definition) is 1. The van der Waals surface area contributed by atoms with E-state index < -0.39 is 4.93 Å². The molecule has 0 aromatic rings. The molecule has 96 valence electrons. The van der Waals surface area contributed by atoms with Crippen LogP contribution in [0.15, 0.2) is 24.3 Å². The first-order chi connectivity index (χ1) is 8.22. The summed E-state index contributed by atoms with van der Waals surface area (Å²) in [4.78, 5) is -0.566. The van der Waals surface area contributed by atoms with E-state index in [1.165, 1.54) is 44.9 Å². The van der Waals surface area contributed by atoms with E-state index in [0.717, 1.165) is 6.42 Å². The highest BCUT2D eigenvalue weighted by atomic mass is 32.2. The number of unbranched alkanes of at least 4 members (excludes halogenated alkanes) is 6. The summed E-state index contributed by atoms with van der Waals surface area (Å²) in [5.74, 6) is 0. The molecule has 0 radical (unpaired) electrons. The predicted molar refractivity (Wildman–Crippen MR) is 76.2 cm³/mol. The van der Waals surface area contributed by atoms with Gasteiger partial charge in [0.2, 0.25) is 0 Å². The van der Waals surface area contributed by atoms with Crippen molar-refractivity contribution in [2.45, 2.75) is 68.0 Å². The Morgan fingerprint density at radius 3 is 2.29 bits per heavy atom. The summed E-state index contributed by atoms with van der Waals surface area (Å²) in [6.45, 7) is 2.26. The lowest BCUT2D eigenvalue weighted by Crippen LogP contribution is -2.23. The molecule has 2 heteroatoms. The summed E-state index contributed by atoms with van der Waals surface area (Å²) in [6, 6.07) is 0. The maximum atomic E-state index is 10.2. The molecular formula is C15H24OS. The van der Waals surface area contributed by atoms with E-state index in [1.54, 1.807) is 11.8 Å². The number of aliphatic hydroxyl groups is 1. The van der Waals surface area contributed by atoms with Crippen LogP contribution < -0.4 is 0 Å². The van der Waals surface area contributed by atoms with Gasteiger partial charge < -0.3 is 5.11 Å². The van der Waals surface area contributed by atoms with Gasteiger partial charge in [0, 0.05) is 0 Å². The van der Waals surface area contributed by atoms with E-state index in [9.17, 15) is 5.11 Å². The average molecular weight is 252 g/mol. The van der Waals surface area contributed by atoms with Crippen molar-refractivity contribution < 1.29 is 5.11 Å². The lowest BCUT2D eigenvalue weighted by atomic mass is 9.92. The first-order valence-electron chi connectivity index (χ1n) is 7.02. The van der Waals surface area contributed by atoms with Gasteiger partial charge in [-0.1, -0.05) is 70.1 Å². The molecule has 2 unspecified atom stereocenters. The SMILES string of the molecule is CCCCCCCCCC12C=CC=CC1(O)S2. The van der Waals surface area contributed by atoms with Gasteiger partial charge in [-0.2, -0.15) is 0 Å². The zero-order chi connectivity index (χ0) is 12.2. The molecule has 2 rings (SSSR count). The number of allylic oxidation sites excluding steroid dienone is 2. The Morgan fingerprint density at radius 2 is 1.59 bits per heavy atom. The normalized spacial score (nSPS) is 33.8. The third-order valence-electron chi connectivity index (χ3n) is 3.85. The Kier molecular flexibility index (Phi) is 4.37. The van der Waals surface area contributed by atoms with Crippen molar-refractivity contribution in [2.24, 2.45) is 0 Å². The maximum Gasteiger partial charge on any atom is 0.148 e. The van der Waals surface area contributed by atoms with Crippen molar-refractivity contribution in [3.63, 3.8) is 0 Å². The molecule has 2 aliphatic rings. The molecule has 0 saturated carbocycles. The number of fused-ring (bicyclic) bond motifs is 1. The average Bonchev–Trinajstić information content (AvgIpc) is 2.94. The first kappa shape index (κ1) is 13.2. The molecule has 1 heterocycles. The molecule has 0 amide bonds. The van der Waals surface area contributed by atoms with Gasteiger partial charge in [-0.3, -0.25) is 0 Å². The van der Waals surface area contributed by atoms with E-state index >= 15 is 0 Å². The summed E-state index contributed by atoms with van der Waals surface area (Å²) < 4.78 is 0.0329. The molecule has 0 aromatic heterocycles. The molecule has 1 saturated heterocycles. The molecule has 0 spiro atoms. The summed E-state index contributed by atoms with van der Waals surface area (Å²) >= 11 is 1.70. The Hall–Kier alpha value is -0.210. The van der Waals surface area contributed by atoms with Crippen molar-refractivity contribution in [3.05, 3.63) is 24.3 Å². The van der Waals surface area contributed by atoms with E-state index in [2.05, 4.69) is 19.1 Å². The molecule has 1 N–H and O–H groups in total. The Bertz CT molecular complexity index is 310. The van der Waals surface area contributed by atoms with Crippen LogP contribution in [-0.4, -0.2) is 14.8 Å². The minimum atomic E-state index is -0.566. The minimum absolute atomic E-state index is 0.0329. The minimum Gasteiger partial charge on any atom is -0.374 e. The van der Waals surface area contributed by atoms with Crippen molar-refractivity contribution >= 4 is 11.8 Å². The fraction of sp³-hybridized carbons (Fsp3) is 0.733. The summed E-state index contributed by atoms with van der Waals surface area (Å²) in [7, 11) is 0. The van der Waals surface area contributed by atoms with Gasteiger partial charge in [0.15, 0.2) is 0 Å². The van der Waals surface area contributed by atoms with Gasteiger partial charge in [-0.15, -0.1) is 11.8 Å². The highest BCUT2D eigenvalue weighted by molar-refractivity contribution is 8.09. The van der Waals surface area contributed by atoms with Crippen LogP contribution in [-0.2, 0) is 0 Å². The molecule has 2 atom stereocenters. The predicted octanol–water partition coefficient (Wildman–Crippen LogP) is 4.43. The van der Waals surface area contributed by atoms with Crippen molar-refractivity contribution in [1.82, 2.24) is 0 Å². The third kappa shape index (κ3) is 2.97. The summed E-state index contributed by atoms with van der Waals surface area (Å²) in [5.41, 5.74) is 0. The fourth-order valence-electron chi connectivity index (χ4n) is 2.64. The molecule has 1 aliphatic carbocycles. The summed E-state index contributed by atoms with van der Waals surface area (Å²) in [6.07, 6.45) is 18.7. The lowest BCUT2D eigenvalue weighted by Gasteiger charge is -2.15. The monoisotopic (exact) mass is 252 g/mol. The van der Waals surface area contributed by atoms with E-state index in [4.69, 9.17) is 0 Å². The molecule has 0 bridgehead atoms. The van der Waals surface area contributed by atoms with Gasteiger partial charge in [-0.05, 0) is 12.5 Å². The zero-order valence-corrected chi connectivity index (χ0v) is 11.6. The summed E-state index contributed by atoms with van der Waals surface area (Å²) in [5, 5.41) is 10.2. The van der Waals surface area contributed by atoms with Crippen LogP contribution in [0, 0.1) is 0 Å². The zero-order valence-electron chi connectivity index (χ0n) is 10.8. The molecule has 17 heavy (non-hydrogen) atoms. The topological polar surface area (TPSA) is 20.2 Å². The number of thioether (sulfide) groups is 1. The molecule has 1 nitrogen and oxygen atoms in total. The highest BCUT2D eigenvalue weighted by Gasteiger charge is 2.65. The van der Waals surface area contributed by atoms with Crippen molar-refractivity contribution in [3.8, 4) is 0 Å². The molecular weight excluding hydrogens is 228 g/mol. The van der Waals surface area contributed by atoms with Gasteiger partial charge in [0.05, 0.1) is 4.75 Å². The van der Waals surface area contributed by atoms with Gasteiger partial charge in [-0.25, -0.2) is 0 Å². The van der Waals surface area contributed by atoms with Crippen LogP contribution in [0.25, 0.3) is 0 Å². The number of hydrogen-bond acceptors (Lipinski definition) is 2. The third-order valence-corrected chi connectivity index (χ3v) is 5.48. The Morgan fingerprint density at radius 1 is 0.941 bits per heavy atom. The number of rotatable bonds is 8. The molecule has 1 aliphatic heterocycles. The van der Waals surface area contributed by atoms with Crippen LogP contribution in [0.1, 0.15) is 58.3 Å². The van der Waals surface area contributed by atoms with Crippen molar-refractivity contribution in [1.29, 1.82) is 0 Å². The van der Waals surface area contributed by atoms with Crippen LogP contribution in [0.2, 0.25) is 0 Å². The Labute approximate surface area is 109 Å². The van der Waals surface area contributed by atoms with Gasteiger partial charge in [0.1, 0.15) is 4.93 Å². The van der Waals surface area contributed by atoms with Crippen LogP contribution >= 0.6 is 11.8 Å². The largest absolute Gasteiger partial charge is 0.374 e. The van der Waals surface area contributed by atoms with Crippen molar-refractivity contribution in [2.75, 3.05) is 0 Å². The second kappa shape index (κ2) is 5.62. The van der Waals surface area contributed by atoms with Gasteiger partial charge in [0.25, 0.3) is 0 Å². The first-order valence-corrected chi connectivity index (χ1v) is 7.84. The highest BCUT2D eigenvalue weighted by Crippen LogP contribution is 2.67. The van der Waals surface area contributed by atoms with E-state index in [0.29, 0.717) is 0 Å². The van der Waals surface area contributed by atoms with Crippen LogP contribution in [0.4, 0.5) is 0 Å². The van der Waals surface area contributed by atoms with E-state index in [-0.39, 0.29) is 4.75 Å². The second-order valence-corrected chi connectivity index (χ2v) is 6.83. The fourth-order valence-corrected chi connectivity index (χ4v) is 3.92. The lowest BCUT2D eigenvalue weighted by molar-refractivity contribution is 0.193. The quantitative estimate of drug-likeness (QED) is 0.509. The van der Waals surface area contributed by atoms with E-state index in [1.807, 2.05) is 12.2 Å². The molecule has 1 fully saturated rings. The van der Waals surface area contributed by atoms with Crippen LogP contribution in [0.3, 0.4) is 0 Å². The second-order valence-electron chi connectivity index (χ2n) is 5.28. The maximum absolute atomic E-state index is 10.2. The molecule has 0 aromatic carbocycles. The standard InChI is InChI=1S/C15H24OS/c1-2-3-4-5-6-7-8-11-14-12-9-10-13-15(14,16)17-14/h9-10,12-13,16H,2-8,11H2,1H3. The Balaban J connectivity index is 1.58. The van der Waals surface area contributed by atoms with Crippen LogP contribution in [0.5, 0.6) is 0 Å².